The van der Waals surface area contributed by atoms with E-state index in [0.717, 1.165) is 0 Å². The summed E-state index contributed by atoms with van der Waals surface area (Å²) in [6.45, 7) is 3.60. The van der Waals surface area contributed by atoms with E-state index in [2.05, 4.69) is 0 Å². The molecule has 2 rings (SSSR count). The van der Waals surface area contributed by atoms with Gasteiger partial charge in [-0.15, -0.1) is 0 Å². The van der Waals surface area contributed by atoms with Crippen molar-refractivity contribution in [1.82, 2.24) is 0 Å². The summed E-state index contributed by atoms with van der Waals surface area (Å²) in [6, 6.07) is 4.48. The molecule has 0 aliphatic carbocycles. The number of anilines is 1. The van der Waals surface area contributed by atoms with Crippen LogP contribution in [0.15, 0.2) is 18.2 Å². The van der Waals surface area contributed by atoms with Gasteiger partial charge in [-0.05, 0) is 37.6 Å². The third kappa shape index (κ3) is 3.43. The van der Waals surface area contributed by atoms with E-state index < -0.39 is 11.7 Å². The van der Waals surface area contributed by atoms with Crippen LogP contribution in [0.5, 0.6) is 0 Å². The number of ether oxygens (including phenoxy) is 1. The molecule has 1 heterocycles. The van der Waals surface area contributed by atoms with Crippen LogP contribution in [-0.4, -0.2) is 32.3 Å². The third-order valence-electron chi connectivity index (χ3n) is 3.38. The van der Waals surface area contributed by atoms with Crippen molar-refractivity contribution < 1.29 is 17.9 Å². The van der Waals surface area contributed by atoms with Crippen molar-refractivity contribution in [1.29, 1.82) is 0 Å². The first-order valence-electron chi connectivity index (χ1n) is 6.68. The standard InChI is InChI=1S/C14H19F3N2O/c1-10-9-19(6-7-20-10)13-3-2-11(4-5-18)8-12(13)14(15,16)17/h2-3,8,10H,4-7,9,18H2,1H3. The summed E-state index contributed by atoms with van der Waals surface area (Å²) in [5, 5.41) is 0. The molecule has 1 atom stereocenters. The van der Waals surface area contributed by atoms with Gasteiger partial charge < -0.3 is 15.4 Å². The molecule has 1 aromatic rings. The molecule has 20 heavy (non-hydrogen) atoms. The van der Waals surface area contributed by atoms with E-state index in [1.807, 2.05) is 6.92 Å². The zero-order valence-electron chi connectivity index (χ0n) is 11.4. The highest BCUT2D eigenvalue weighted by molar-refractivity contribution is 5.57. The van der Waals surface area contributed by atoms with Crippen LogP contribution in [0.25, 0.3) is 0 Å². The Labute approximate surface area is 116 Å². The normalized spacial score (nSPS) is 20.2. The largest absolute Gasteiger partial charge is 0.418 e. The number of halogens is 3. The van der Waals surface area contributed by atoms with Gasteiger partial charge >= 0.3 is 6.18 Å². The molecule has 0 amide bonds. The summed E-state index contributed by atoms with van der Waals surface area (Å²) in [5.74, 6) is 0. The number of alkyl halides is 3. The van der Waals surface area contributed by atoms with Gasteiger partial charge in [0.2, 0.25) is 0 Å². The van der Waals surface area contributed by atoms with Crippen LogP contribution in [0.2, 0.25) is 0 Å². The molecule has 0 spiro atoms. The second kappa shape index (κ2) is 6.01. The summed E-state index contributed by atoms with van der Waals surface area (Å²) in [6.07, 6.45) is -3.97. The number of benzene rings is 1. The fraction of sp³-hybridized carbons (Fsp3) is 0.571. The van der Waals surface area contributed by atoms with Crippen LogP contribution in [0.4, 0.5) is 18.9 Å². The lowest BCUT2D eigenvalue weighted by Crippen LogP contribution is -2.42. The molecule has 1 fully saturated rings. The highest BCUT2D eigenvalue weighted by Crippen LogP contribution is 2.37. The van der Waals surface area contributed by atoms with Crippen LogP contribution in [-0.2, 0) is 17.3 Å². The molecule has 0 aromatic heterocycles. The van der Waals surface area contributed by atoms with Crippen molar-refractivity contribution in [3.8, 4) is 0 Å². The topological polar surface area (TPSA) is 38.5 Å². The molecule has 1 unspecified atom stereocenters. The van der Waals surface area contributed by atoms with Crippen molar-refractivity contribution in [2.45, 2.75) is 25.6 Å². The minimum atomic E-state index is -4.36. The van der Waals surface area contributed by atoms with Crippen LogP contribution in [0, 0.1) is 0 Å². The SMILES string of the molecule is CC1CN(c2ccc(CCN)cc2C(F)(F)F)CCO1. The predicted molar refractivity (Wildman–Crippen MR) is 71.8 cm³/mol. The fourth-order valence-corrected chi connectivity index (χ4v) is 2.45. The Kier molecular flexibility index (Phi) is 4.55. The van der Waals surface area contributed by atoms with Gasteiger partial charge in [0.05, 0.1) is 18.3 Å². The van der Waals surface area contributed by atoms with Crippen molar-refractivity contribution in [2.75, 3.05) is 31.1 Å². The number of rotatable bonds is 3. The molecule has 0 radical (unpaired) electrons. The van der Waals surface area contributed by atoms with E-state index in [1.165, 1.54) is 6.07 Å². The molecule has 6 heteroatoms. The molecule has 0 bridgehead atoms. The molecular weight excluding hydrogens is 269 g/mol. The second-order valence-electron chi connectivity index (χ2n) is 5.02. The van der Waals surface area contributed by atoms with Crippen molar-refractivity contribution in [3.05, 3.63) is 29.3 Å². The van der Waals surface area contributed by atoms with Gasteiger partial charge in [0, 0.05) is 18.8 Å². The predicted octanol–water partition coefficient (Wildman–Crippen LogP) is 2.43. The smallest absolute Gasteiger partial charge is 0.375 e. The van der Waals surface area contributed by atoms with E-state index in [-0.39, 0.29) is 11.8 Å². The number of hydrogen-bond acceptors (Lipinski definition) is 3. The van der Waals surface area contributed by atoms with Gasteiger partial charge in [-0.1, -0.05) is 6.07 Å². The van der Waals surface area contributed by atoms with Gasteiger partial charge in [-0.2, -0.15) is 13.2 Å². The van der Waals surface area contributed by atoms with Crippen molar-refractivity contribution in [2.24, 2.45) is 5.73 Å². The molecule has 2 N–H and O–H groups in total. The van der Waals surface area contributed by atoms with Gasteiger partial charge in [-0.3, -0.25) is 0 Å². The summed E-state index contributed by atoms with van der Waals surface area (Å²) in [5.41, 5.74) is 5.67. The monoisotopic (exact) mass is 288 g/mol. The lowest BCUT2D eigenvalue weighted by Gasteiger charge is -2.34. The Morgan fingerprint density at radius 2 is 2.15 bits per heavy atom. The maximum absolute atomic E-state index is 13.2. The van der Waals surface area contributed by atoms with Gasteiger partial charge in [0.25, 0.3) is 0 Å². The zero-order valence-corrected chi connectivity index (χ0v) is 11.4. The Hall–Kier alpha value is -1.27. The first kappa shape index (κ1) is 15.1. The van der Waals surface area contributed by atoms with E-state index >= 15 is 0 Å². The molecule has 3 nitrogen and oxygen atoms in total. The molecule has 1 aliphatic rings. The number of nitrogens with zero attached hydrogens (tertiary/aromatic N) is 1. The van der Waals surface area contributed by atoms with Crippen LogP contribution < -0.4 is 10.6 Å². The van der Waals surface area contributed by atoms with E-state index in [1.54, 1.807) is 17.0 Å². The minimum Gasteiger partial charge on any atom is -0.375 e. The van der Waals surface area contributed by atoms with Crippen LogP contribution >= 0.6 is 0 Å². The zero-order chi connectivity index (χ0) is 14.8. The van der Waals surface area contributed by atoms with Gasteiger partial charge in [0.15, 0.2) is 0 Å². The molecule has 0 saturated carbocycles. The Bertz CT molecular complexity index is 462. The number of nitrogens with two attached hydrogens (primary N) is 1. The summed E-state index contributed by atoms with van der Waals surface area (Å²) in [4.78, 5) is 1.74. The third-order valence-corrected chi connectivity index (χ3v) is 3.38. The lowest BCUT2D eigenvalue weighted by molar-refractivity contribution is -0.137. The Morgan fingerprint density at radius 3 is 2.75 bits per heavy atom. The Morgan fingerprint density at radius 1 is 1.40 bits per heavy atom. The fourth-order valence-electron chi connectivity index (χ4n) is 2.45. The first-order chi connectivity index (χ1) is 9.41. The number of morpholine rings is 1. The molecule has 1 aliphatic heterocycles. The van der Waals surface area contributed by atoms with Crippen molar-refractivity contribution >= 4 is 5.69 Å². The quantitative estimate of drug-likeness (QED) is 0.928. The maximum Gasteiger partial charge on any atom is 0.418 e. The second-order valence-corrected chi connectivity index (χ2v) is 5.02. The molecular formula is C14H19F3N2O. The average Bonchev–Trinajstić information content (AvgIpc) is 2.38. The van der Waals surface area contributed by atoms with Gasteiger partial charge in [0.1, 0.15) is 0 Å². The highest BCUT2D eigenvalue weighted by Gasteiger charge is 2.35. The lowest BCUT2D eigenvalue weighted by atomic mass is 10.0. The van der Waals surface area contributed by atoms with E-state index in [9.17, 15) is 13.2 Å². The average molecular weight is 288 g/mol. The molecule has 1 saturated heterocycles. The maximum atomic E-state index is 13.2. The first-order valence-corrected chi connectivity index (χ1v) is 6.68. The minimum absolute atomic E-state index is 0.0615. The highest BCUT2D eigenvalue weighted by atomic mass is 19.4. The molecule has 1 aromatic carbocycles. The van der Waals surface area contributed by atoms with E-state index in [0.29, 0.717) is 38.2 Å². The number of hydrogen-bond donors (Lipinski definition) is 1. The van der Waals surface area contributed by atoms with E-state index in [4.69, 9.17) is 10.5 Å². The summed E-state index contributed by atoms with van der Waals surface area (Å²) >= 11 is 0. The summed E-state index contributed by atoms with van der Waals surface area (Å²) in [7, 11) is 0. The van der Waals surface area contributed by atoms with Crippen molar-refractivity contribution in [3.63, 3.8) is 0 Å². The van der Waals surface area contributed by atoms with Gasteiger partial charge in [-0.25, -0.2) is 0 Å². The molecule has 112 valence electrons. The van der Waals surface area contributed by atoms with Crippen LogP contribution in [0.1, 0.15) is 18.1 Å². The Balaban J connectivity index is 2.36. The van der Waals surface area contributed by atoms with Crippen LogP contribution in [0.3, 0.4) is 0 Å². The summed E-state index contributed by atoms with van der Waals surface area (Å²) < 4.78 is 45.1.